The Labute approximate surface area is 63.5 Å². The van der Waals surface area contributed by atoms with Crippen molar-refractivity contribution in [2.45, 2.75) is 5.51 Å². The molecule has 0 spiro atoms. The number of sulfone groups is 1. The zero-order valence-electron chi connectivity index (χ0n) is 3.94. The molecule has 0 bridgehead atoms. The normalized spacial score (nSPS) is 13.8. The average molecular weight is 274 g/mol. The van der Waals surface area contributed by atoms with E-state index in [0.29, 0.717) is 0 Å². The maximum Gasteiger partial charge on any atom is 0.498 e. The summed E-state index contributed by atoms with van der Waals surface area (Å²) >= 11 is 1.15. The van der Waals surface area contributed by atoms with Gasteiger partial charge in [0, 0.05) is 0 Å². The molecule has 0 rings (SSSR count). The zero-order valence-corrected chi connectivity index (χ0v) is 6.92. The van der Waals surface area contributed by atoms with Crippen LogP contribution in [0, 0.1) is 0 Å². The second kappa shape index (κ2) is 2.60. The molecule has 0 aliphatic rings. The molecule has 0 radical (unpaired) electrons. The van der Waals surface area contributed by atoms with Crippen LogP contribution in [0.4, 0.5) is 13.2 Å². The Bertz CT molecular complexity index is 180. The van der Waals surface area contributed by atoms with Crippen LogP contribution in [0.3, 0.4) is 0 Å². The van der Waals surface area contributed by atoms with E-state index in [1.54, 1.807) is 0 Å². The molecule has 9 heavy (non-hydrogen) atoms. The van der Waals surface area contributed by atoms with Gasteiger partial charge in [0.15, 0.2) is 0 Å². The van der Waals surface area contributed by atoms with Crippen LogP contribution < -0.4 is 0 Å². The maximum absolute atomic E-state index is 11.2. The van der Waals surface area contributed by atoms with E-state index in [4.69, 9.17) is 0 Å². The lowest BCUT2D eigenvalue weighted by Crippen LogP contribution is -2.23. The van der Waals surface area contributed by atoms with Crippen LogP contribution in [-0.2, 0) is 9.84 Å². The summed E-state index contributed by atoms with van der Waals surface area (Å²) < 4.78 is 52.6. The van der Waals surface area contributed by atoms with E-state index < -0.39 is 19.1 Å². The number of hydrogen-bond donors (Lipinski definition) is 0. The second-order valence-corrected chi connectivity index (χ2v) is 4.95. The Morgan fingerprint density at radius 2 is 1.67 bits per heavy atom. The smallest absolute Gasteiger partial charge is 0.219 e. The van der Waals surface area contributed by atoms with Crippen LogP contribution in [0.1, 0.15) is 0 Å². The minimum absolute atomic E-state index is 0.922. The van der Waals surface area contributed by atoms with Gasteiger partial charge < -0.3 is 0 Å². The molecular weight excluding hydrogens is 272 g/mol. The topological polar surface area (TPSA) is 34.1 Å². The van der Waals surface area contributed by atoms with Crippen molar-refractivity contribution in [1.82, 2.24) is 0 Å². The van der Waals surface area contributed by atoms with Crippen LogP contribution in [0.5, 0.6) is 0 Å². The van der Waals surface area contributed by atoms with Crippen molar-refractivity contribution in [3.05, 3.63) is 0 Å². The van der Waals surface area contributed by atoms with Gasteiger partial charge in [-0.2, -0.15) is 13.2 Å². The van der Waals surface area contributed by atoms with Crippen molar-refractivity contribution in [1.29, 1.82) is 0 Å². The van der Waals surface area contributed by atoms with Crippen molar-refractivity contribution in [3.63, 3.8) is 0 Å². The quantitative estimate of drug-likeness (QED) is 0.533. The maximum atomic E-state index is 11.2. The Morgan fingerprint density at radius 3 is 1.67 bits per heavy atom. The van der Waals surface area contributed by atoms with E-state index in [-0.39, 0.29) is 0 Å². The fourth-order valence-electron chi connectivity index (χ4n) is 0.0619. The number of rotatable bonds is 1. The van der Waals surface area contributed by atoms with Gasteiger partial charge in [-0.05, 0) is 0 Å². The largest absolute Gasteiger partial charge is 0.498 e. The molecule has 0 aliphatic carbocycles. The fourth-order valence-corrected chi connectivity index (χ4v) is 1.24. The van der Waals surface area contributed by atoms with Crippen molar-refractivity contribution < 1.29 is 21.6 Å². The summed E-state index contributed by atoms with van der Waals surface area (Å²) in [5, 5.41) is 0. The lowest BCUT2D eigenvalue weighted by atomic mass is 11.6. The summed E-state index contributed by atoms with van der Waals surface area (Å²) in [4.78, 5) is 0. The van der Waals surface area contributed by atoms with Crippen LogP contribution in [-0.4, -0.2) is 17.7 Å². The van der Waals surface area contributed by atoms with E-state index in [1.165, 1.54) is 0 Å². The van der Waals surface area contributed by atoms with Gasteiger partial charge in [0.1, 0.15) is 3.76 Å². The molecule has 7 heteroatoms. The summed E-state index contributed by atoms with van der Waals surface area (Å²) in [6, 6.07) is 0. The van der Waals surface area contributed by atoms with Crippen molar-refractivity contribution in [3.8, 4) is 0 Å². The first kappa shape index (κ1) is 9.47. The highest BCUT2D eigenvalue weighted by molar-refractivity contribution is 14.1. The summed E-state index contributed by atoms with van der Waals surface area (Å²) in [7, 11) is -4.85. The van der Waals surface area contributed by atoms with E-state index in [9.17, 15) is 21.6 Å². The van der Waals surface area contributed by atoms with Crippen molar-refractivity contribution >= 4 is 32.4 Å². The molecule has 0 aromatic heterocycles. The second-order valence-electron chi connectivity index (χ2n) is 1.17. The SMILES string of the molecule is O=S(=O)(CI)C(F)(F)F. The first-order chi connectivity index (χ1) is 3.81. The molecule has 0 amide bonds. The summed E-state index contributed by atoms with van der Waals surface area (Å²) in [6.45, 7) is 0. The van der Waals surface area contributed by atoms with E-state index in [0.717, 1.165) is 22.6 Å². The standard InChI is InChI=1S/C2H2F3IO2S/c3-2(4,5)9(7,8)1-6/h1H2. The van der Waals surface area contributed by atoms with E-state index in [2.05, 4.69) is 0 Å². The molecule has 0 unspecified atom stereocenters. The Hall–Kier alpha value is 0.470. The highest BCUT2D eigenvalue weighted by Crippen LogP contribution is 2.24. The van der Waals surface area contributed by atoms with Gasteiger partial charge in [0.2, 0.25) is 0 Å². The first-order valence-electron chi connectivity index (χ1n) is 1.66. The molecule has 0 N–H and O–H groups in total. The van der Waals surface area contributed by atoms with E-state index >= 15 is 0 Å². The molecule has 0 saturated heterocycles. The van der Waals surface area contributed by atoms with Crippen molar-refractivity contribution in [2.24, 2.45) is 0 Å². The minimum atomic E-state index is -5.09. The predicted molar refractivity (Wildman–Crippen MR) is 33.9 cm³/mol. The molecule has 0 saturated carbocycles. The molecule has 0 fully saturated rings. The fraction of sp³-hybridized carbons (Fsp3) is 1.00. The average Bonchev–Trinajstić information content (AvgIpc) is 1.64. The molecule has 0 aromatic carbocycles. The molecule has 0 aliphatic heterocycles. The summed E-state index contributed by atoms with van der Waals surface area (Å²) in [5.74, 6) is 0. The van der Waals surface area contributed by atoms with Gasteiger partial charge in [-0.1, -0.05) is 22.6 Å². The molecule has 0 aromatic rings. The summed E-state index contributed by atoms with van der Waals surface area (Å²) in [5.41, 5.74) is -5.09. The minimum Gasteiger partial charge on any atom is -0.219 e. The van der Waals surface area contributed by atoms with Gasteiger partial charge in [0.05, 0.1) is 0 Å². The first-order valence-corrected chi connectivity index (χ1v) is 4.84. The molecule has 0 heterocycles. The Kier molecular flexibility index (Phi) is 2.74. The lowest BCUT2D eigenvalue weighted by Gasteiger charge is -2.02. The third-order valence-electron chi connectivity index (χ3n) is 0.496. The van der Waals surface area contributed by atoms with Gasteiger partial charge in [-0.15, -0.1) is 0 Å². The summed E-state index contributed by atoms with van der Waals surface area (Å²) in [6.07, 6.45) is 0. The molecule has 0 atom stereocenters. The lowest BCUT2D eigenvalue weighted by molar-refractivity contribution is -0.0430. The number of hydrogen-bond acceptors (Lipinski definition) is 2. The van der Waals surface area contributed by atoms with E-state index in [1.807, 2.05) is 0 Å². The van der Waals surface area contributed by atoms with Crippen LogP contribution in [0.15, 0.2) is 0 Å². The third-order valence-corrected chi connectivity index (χ3v) is 3.95. The highest BCUT2D eigenvalue weighted by Gasteiger charge is 2.44. The van der Waals surface area contributed by atoms with Crippen molar-refractivity contribution in [2.75, 3.05) is 3.76 Å². The highest BCUT2D eigenvalue weighted by atomic mass is 127. The monoisotopic (exact) mass is 274 g/mol. The Morgan fingerprint density at radius 1 is 1.33 bits per heavy atom. The molecular formula is C2H2F3IO2S. The van der Waals surface area contributed by atoms with Gasteiger partial charge in [-0.25, -0.2) is 8.42 Å². The Balaban J connectivity index is 4.57. The third kappa shape index (κ3) is 2.28. The molecule has 56 valence electrons. The molecule has 2 nitrogen and oxygen atoms in total. The van der Waals surface area contributed by atoms with Gasteiger partial charge in [-0.3, -0.25) is 0 Å². The van der Waals surface area contributed by atoms with Crippen LogP contribution >= 0.6 is 22.6 Å². The van der Waals surface area contributed by atoms with Crippen LogP contribution in [0.2, 0.25) is 0 Å². The zero-order chi connectivity index (χ0) is 7.71. The predicted octanol–water partition coefficient (Wildman–Crippen LogP) is 1.31. The van der Waals surface area contributed by atoms with Gasteiger partial charge >= 0.3 is 5.51 Å². The van der Waals surface area contributed by atoms with Gasteiger partial charge in [0.25, 0.3) is 9.84 Å². The number of alkyl halides is 4. The number of halogens is 4. The van der Waals surface area contributed by atoms with Crippen LogP contribution in [0.25, 0.3) is 0 Å².